The third-order valence-corrected chi connectivity index (χ3v) is 3.38. The molecule has 0 saturated carbocycles. The number of carboxylic acids is 1. The highest BCUT2D eigenvalue weighted by Gasteiger charge is 2.48. The van der Waals surface area contributed by atoms with E-state index in [9.17, 15) is 4.79 Å². The summed E-state index contributed by atoms with van der Waals surface area (Å²) in [7, 11) is 0. The van der Waals surface area contributed by atoms with Crippen LogP contribution in [0.5, 0.6) is 5.75 Å². The van der Waals surface area contributed by atoms with Gasteiger partial charge >= 0.3 is 5.97 Å². The predicted octanol–water partition coefficient (Wildman–Crippen LogP) is 1.15. The standard InChI is InChI=1S/C14H19NO4/c1-9(2)19-11-5-3-10(4-6-11)14(7-18-8-14)12(15)13(16)17/h3-6,9,12H,7-8,15H2,1-2H3,(H,16,17). The zero-order valence-corrected chi connectivity index (χ0v) is 11.1. The van der Waals surface area contributed by atoms with Gasteiger partial charge in [0.1, 0.15) is 11.8 Å². The summed E-state index contributed by atoms with van der Waals surface area (Å²) >= 11 is 0. The van der Waals surface area contributed by atoms with Crippen LogP contribution in [0.25, 0.3) is 0 Å². The number of carbonyl (C=O) groups is 1. The topological polar surface area (TPSA) is 81.8 Å². The maximum atomic E-state index is 11.1. The summed E-state index contributed by atoms with van der Waals surface area (Å²) in [5, 5.41) is 9.11. The molecule has 0 bridgehead atoms. The minimum atomic E-state index is -1.01. The second-order valence-electron chi connectivity index (χ2n) is 5.16. The van der Waals surface area contributed by atoms with E-state index in [0.717, 1.165) is 11.3 Å². The molecule has 5 nitrogen and oxygen atoms in total. The summed E-state index contributed by atoms with van der Waals surface area (Å²) in [5.74, 6) is -0.246. The zero-order valence-electron chi connectivity index (χ0n) is 11.1. The van der Waals surface area contributed by atoms with Gasteiger partial charge in [-0.2, -0.15) is 0 Å². The van der Waals surface area contributed by atoms with Gasteiger partial charge in [0, 0.05) is 0 Å². The third-order valence-electron chi connectivity index (χ3n) is 3.38. The Morgan fingerprint density at radius 2 is 1.95 bits per heavy atom. The van der Waals surface area contributed by atoms with Crippen LogP contribution in [-0.2, 0) is 14.9 Å². The Hall–Kier alpha value is -1.59. The first-order valence-electron chi connectivity index (χ1n) is 6.29. The molecular formula is C14H19NO4. The lowest BCUT2D eigenvalue weighted by atomic mass is 9.73. The predicted molar refractivity (Wildman–Crippen MR) is 70.3 cm³/mol. The Labute approximate surface area is 112 Å². The number of rotatable bonds is 5. The highest BCUT2D eigenvalue weighted by molar-refractivity contribution is 5.76. The molecule has 0 radical (unpaired) electrons. The van der Waals surface area contributed by atoms with E-state index in [1.807, 2.05) is 38.1 Å². The minimum absolute atomic E-state index is 0.105. The quantitative estimate of drug-likeness (QED) is 0.834. The van der Waals surface area contributed by atoms with E-state index in [-0.39, 0.29) is 6.10 Å². The van der Waals surface area contributed by atoms with Gasteiger partial charge in [0.25, 0.3) is 0 Å². The maximum absolute atomic E-state index is 11.1. The smallest absolute Gasteiger partial charge is 0.321 e. The molecule has 104 valence electrons. The van der Waals surface area contributed by atoms with Crippen molar-refractivity contribution in [2.24, 2.45) is 5.73 Å². The number of aliphatic carboxylic acids is 1. The fourth-order valence-corrected chi connectivity index (χ4v) is 2.22. The van der Waals surface area contributed by atoms with Crippen molar-refractivity contribution in [2.45, 2.75) is 31.4 Å². The van der Waals surface area contributed by atoms with Crippen molar-refractivity contribution in [2.75, 3.05) is 13.2 Å². The van der Waals surface area contributed by atoms with Crippen LogP contribution in [0.3, 0.4) is 0 Å². The molecule has 0 aromatic heterocycles. The summed E-state index contributed by atoms with van der Waals surface area (Å²) in [5.41, 5.74) is 6.05. The van der Waals surface area contributed by atoms with E-state index >= 15 is 0 Å². The van der Waals surface area contributed by atoms with Crippen LogP contribution >= 0.6 is 0 Å². The lowest BCUT2D eigenvalue weighted by Crippen LogP contribution is -2.61. The van der Waals surface area contributed by atoms with E-state index in [0.29, 0.717) is 13.2 Å². The molecule has 1 aliphatic rings. The number of hydrogen-bond acceptors (Lipinski definition) is 4. The van der Waals surface area contributed by atoms with Gasteiger partial charge in [0.15, 0.2) is 0 Å². The summed E-state index contributed by atoms with van der Waals surface area (Å²) < 4.78 is 10.7. The molecule has 0 aliphatic carbocycles. The van der Waals surface area contributed by atoms with Gasteiger partial charge in [-0.15, -0.1) is 0 Å². The molecule has 2 rings (SSSR count). The molecule has 1 saturated heterocycles. The van der Waals surface area contributed by atoms with Crippen LogP contribution in [-0.4, -0.2) is 36.4 Å². The van der Waals surface area contributed by atoms with Gasteiger partial charge in [-0.05, 0) is 31.5 Å². The van der Waals surface area contributed by atoms with Crippen molar-refractivity contribution in [3.05, 3.63) is 29.8 Å². The number of benzene rings is 1. The second-order valence-corrected chi connectivity index (χ2v) is 5.16. The number of carboxylic acid groups (broad SMARTS) is 1. The van der Waals surface area contributed by atoms with Crippen LogP contribution in [0.4, 0.5) is 0 Å². The van der Waals surface area contributed by atoms with E-state index < -0.39 is 17.4 Å². The highest BCUT2D eigenvalue weighted by atomic mass is 16.5. The van der Waals surface area contributed by atoms with E-state index in [2.05, 4.69) is 0 Å². The Bertz CT molecular complexity index is 451. The molecule has 1 fully saturated rings. The third kappa shape index (κ3) is 2.57. The Morgan fingerprint density at radius 3 is 2.32 bits per heavy atom. The van der Waals surface area contributed by atoms with Crippen molar-refractivity contribution in [1.82, 2.24) is 0 Å². The van der Waals surface area contributed by atoms with Crippen molar-refractivity contribution < 1.29 is 19.4 Å². The van der Waals surface area contributed by atoms with Gasteiger partial charge in [0.2, 0.25) is 0 Å². The molecule has 1 unspecified atom stereocenters. The molecule has 3 N–H and O–H groups in total. The summed E-state index contributed by atoms with van der Waals surface area (Å²) in [6, 6.07) is 6.44. The molecule has 19 heavy (non-hydrogen) atoms. The van der Waals surface area contributed by atoms with E-state index in [4.69, 9.17) is 20.3 Å². The molecular weight excluding hydrogens is 246 g/mol. The molecule has 0 spiro atoms. The van der Waals surface area contributed by atoms with Crippen LogP contribution in [0.2, 0.25) is 0 Å². The highest BCUT2D eigenvalue weighted by Crippen LogP contribution is 2.36. The normalized spacial score (nSPS) is 18.7. The van der Waals surface area contributed by atoms with Crippen molar-refractivity contribution in [3.8, 4) is 5.75 Å². The molecule has 0 amide bonds. The van der Waals surface area contributed by atoms with Crippen molar-refractivity contribution in [1.29, 1.82) is 0 Å². The van der Waals surface area contributed by atoms with Gasteiger partial charge in [0.05, 0.1) is 24.7 Å². The lowest BCUT2D eigenvalue weighted by molar-refractivity contribution is -0.148. The fourth-order valence-electron chi connectivity index (χ4n) is 2.22. The van der Waals surface area contributed by atoms with Crippen molar-refractivity contribution in [3.63, 3.8) is 0 Å². The number of hydrogen-bond donors (Lipinski definition) is 2. The van der Waals surface area contributed by atoms with Crippen LogP contribution < -0.4 is 10.5 Å². The van der Waals surface area contributed by atoms with Crippen LogP contribution in [0.1, 0.15) is 19.4 Å². The maximum Gasteiger partial charge on any atom is 0.321 e. The summed E-state index contributed by atoms with van der Waals surface area (Å²) in [6.45, 7) is 4.58. The Morgan fingerprint density at radius 1 is 1.37 bits per heavy atom. The SMILES string of the molecule is CC(C)Oc1ccc(C2(C(N)C(=O)O)COC2)cc1. The first kappa shape index (κ1) is 13.8. The van der Waals surface area contributed by atoms with E-state index in [1.54, 1.807) is 0 Å². The largest absolute Gasteiger partial charge is 0.491 e. The Kier molecular flexibility index (Phi) is 3.78. The molecule has 1 atom stereocenters. The van der Waals surface area contributed by atoms with Crippen molar-refractivity contribution >= 4 is 5.97 Å². The number of nitrogens with two attached hydrogens (primary N) is 1. The second kappa shape index (κ2) is 5.19. The first-order chi connectivity index (χ1) is 8.95. The summed E-state index contributed by atoms with van der Waals surface area (Å²) in [6.07, 6.45) is 0.105. The van der Waals surface area contributed by atoms with Crippen LogP contribution in [0.15, 0.2) is 24.3 Å². The van der Waals surface area contributed by atoms with Gasteiger partial charge < -0.3 is 20.3 Å². The molecule has 5 heteroatoms. The first-order valence-corrected chi connectivity index (χ1v) is 6.29. The zero-order chi connectivity index (χ0) is 14.0. The molecule has 1 aromatic rings. The Balaban J connectivity index is 2.22. The average molecular weight is 265 g/mol. The van der Waals surface area contributed by atoms with Gasteiger partial charge in [-0.1, -0.05) is 12.1 Å². The van der Waals surface area contributed by atoms with Gasteiger partial charge in [-0.3, -0.25) is 4.79 Å². The minimum Gasteiger partial charge on any atom is -0.491 e. The molecule has 1 aliphatic heterocycles. The van der Waals surface area contributed by atoms with Gasteiger partial charge in [-0.25, -0.2) is 0 Å². The monoisotopic (exact) mass is 265 g/mol. The van der Waals surface area contributed by atoms with Crippen LogP contribution in [0, 0.1) is 0 Å². The molecule has 1 aromatic carbocycles. The van der Waals surface area contributed by atoms with E-state index in [1.165, 1.54) is 0 Å². The lowest BCUT2D eigenvalue weighted by Gasteiger charge is -2.44. The fraction of sp³-hybridized carbons (Fsp3) is 0.500. The average Bonchev–Trinajstić information content (AvgIpc) is 2.28. The number of ether oxygens (including phenoxy) is 2. The summed E-state index contributed by atoms with van der Waals surface area (Å²) in [4.78, 5) is 11.1. The molecule has 1 heterocycles.